The first-order valence-corrected chi connectivity index (χ1v) is 10.7. The summed E-state index contributed by atoms with van der Waals surface area (Å²) < 4.78 is 5.19. The Bertz CT molecular complexity index is 876. The lowest BCUT2D eigenvalue weighted by molar-refractivity contribution is -0.128. The van der Waals surface area contributed by atoms with Crippen LogP contribution < -0.4 is 10.1 Å². The van der Waals surface area contributed by atoms with E-state index in [9.17, 15) is 9.59 Å². The largest absolute Gasteiger partial charge is 0.497 e. The summed E-state index contributed by atoms with van der Waals surface area (Å²) in [4.78, 5) is 32.1. The number of rotatable bonds is 5. The van der Waals surface area contributed by atoms with Gasteiger partial charge in [-0.05, 0) is 42.7 Å². The van der Waals surface area contributed by atoms with Crippen LogP contribution in [0.4, 0.5) is 0 Å². The lowest BCUT2D eigenvalue weighted by Gasteiger charge is -2.37. The Morgan fingerprint density at radius 1 is 1.10 bits per heavy atom. The van der Waals surface area contributed by atoms with Crippen molar-refractivity contribution in [3.63, 3.8) is 0 Å². The number of carbonyl (C=O) groups excluding carboxylic acids is 2. The van der Waals surface area contributed by atoms with E-state index in [0.717, 1.165) is 37.0 Å². The molecule has 30 heavy (non-hydrogen) atoms. The summed E-state index contributed by atoms with van der Waals surface area (Å²) in [5.74, 6) is 0.680. The molecule has 2 amide bonds. The number of carbonyl (C=O) groups is 2. The van der Waals surface area contributed by atoms with Gasteiger partial charge in [0.15, 0.2) is 0 Å². The van der Waals surface area contributed by atoms with Gasteiger partial charge in [-0.2, -0.15) is 0 Å². The maximum Gasteiger partial charge on any atom is 0.254 e. The molecule has 1 aliphatic carbocycles. The van der Waals surface area contributed by atoms with E-state index >= 15 is 0 Å². The minimum atomic E-state index is -0.165. The lowest BCUT2D eigenvalue weighted by atomic mass is 9.67. The Labute approximate surface area is 177 Å². The highest BCUT2D eigenvalue weighted by atomic mass is 16.5. The molecule has 1 aromatic carbocycles. The van der Waals surface area contributed by atoms with Crippen LogP contribution in [0.5, 0.6) is 5.75 Å². The van der Waals surface area contributed by atoms with Crippen molar-refractivity contribution in [1.29, 1.82) is 0 Å². The number of likely N-dealkylation sites (tertiary alicyclic amines) is 1. The molecule has 1 aromatic heterocycles. The van der Waals surface area contributed by atoms with Crippen molar-refractivity contribution in [2.24, 2.45) is 11.3 Å². The first-order valence-electron chi connectivity index (χ1n) is 10.7. The molecule has 6 heteroatoms. The second-order valence-corrected chi connectivity index (χ2v) is 8.46. The molecule has 2 heterocycles. The second kappa shape index (κ2) is 8.86. The van der Waals surface area contributed by atoms with Crippen molar-refractivity contribution in [1.82, 2.24) is 15.2 Å². The molecule has 1 N–H and O–H groups in total. The molecule has 0 radical (unpaired) electrons. The molecule has 1 atom stereocenters. The summed E-state index contributed by atoms with van der Waals surface area (Å²) in [5, 5.41) is 3.12. The summed E-state index contributed by atoms with van der Waals surface area (Å²) in [6.07, 6.45) is 8.75. The van der Waals surface area contributed by atoms with E-state index in [1.165, 1.54) is 6.42 Å². The monoisotopic (exact) mass is 407 g/mol. The van der Waals surface area contributed by atoms with Crippen LogP contribution in [0.3, 0.4) is 0 Å². The van der Waals surface area contributed by atoms with Crippen LogP contribution in [0.25, 0.3) is 0 Å². The number of pyridine rings is 1. The van der Waals surface area contributed by atoms with Gasteiger partial charge in [0.05, 0.1) is 13.0 Å². The second-order valence-electron chi connectivity index (χ2n) is 8.46. The molecule has 2 aliphatic rings. The molecule has 1 unspecified atom stereocenters. The van der Waals surface area contributed by atoms with E-state index in [0.29, 0.717) is 25.2 Å². The SMILES string of the molecule is COc1ccc(CNC(=O)C2CN(C(=O)c3ccncc3)CC23CCCCC3)cc1. The van der Waals surface area contributed by atoms with E-state index < -0.39 is 0 Å². The van der Waals surface area contributed by atoms with Gasteiger partial charge in [-0.1, -0.05) is 31.4 Å². The lowest BCUT2D eigenvalue weighted by Crippen LogP contribution is -2.42. The number of benzene rings is 1. The van der Waals surface area contributed by atoms with Crippen molar-refractivity contribution in [3.05, 3.63) is 59.9 Å². The van der Waals surface area contributed by atoms with E-state index in [2.05, 4.69) is 10.3 Å². The first-order chi connectivity index (χ1) is 14.6. The van der Waals surface area contributed by atoms with E-state index in [1.807, 2.05) is 29.2 Å². The number of amides is 2. The quantitative estimate of drug-likeness (QED) is 0.824. The Morgan fingerprint density at radius 2 is 1.80 bits per heavy atom. The fourth-order valence-electron chi connectivity index (χ4n) is 4.98. The molecule has 158 valence electrons. The Morgan fingerprint density at radius 3 is 2.47 bits per heavy atom. The van der Waals surface area contributed by atoms with Crippen molar-refractivity contribution < 1.29 is 14.3 Å². The molecule has 2 fully saturated rings. The predicted octanol–water partition coefficient (Wildman–Crippen LogP) is 3.43. The summed E-state index contributed by atoms with van der Waals surface area (Å²) in [7, 11) is 1.64. The minimum Gasteiger partial charge on any atom is -0.497 e. The van der Waals surface area contributed by atoms with Gasteiger partial charge in [0.1, 0.15) is 5.75 Å². The van der Waals surface area contributed by atoms with Crippen molar-refractivity contribution in [2.45, 2.75) is 38.6 Å². The topological polar surface area (TPSA) is 71.5 Å². The van der Waals surface area contributed by atoms with Gasteiger partial charge in [0.2, 0.25) is 5.91 Å². The van der Waals surface area contributed by atoms with Gasteiger partial charge >= 0.3 is 0 Å². The van der Waals surface area contributed by atoms with Crippen LogP contribution in [-0.2, 0) is 11.3 Å². The highest BCUT2D eigenvalue weighted by molar-refractivity contribution is 5.95. The third kappa shape index (κ3) is 4.18. The number of aromatic nitrogens is 1. The Balaban J connectivity index is 1.47. The fourth-order valence-corrected chi connectivity index (χ4v) is 4.98. The van der Waals surface area contributed by atoms with Crippen LogP contribution in [0, 0.1) is 11.3 Å². The van der Waals surface area contributed by atoms with Crippen LogP contribution in [-0.4, -0.2) is 41.9 Å². The van der Waals surface area contributed by atoms with Crippen LogP contribution in [0.1, 0.15) is 48.0 Å². The number of nitrogens with zero attached hydrogens (tertiary/aromatic N) is 2. The van der Waals surface area contributed by atoms with Crippen molar-refractivity contribution >= 4 is 11.8 Å². The summed E-state index contributed by atoms with van der Waals surface area (Å²) in [6.45, 7) is 1.62. The van der Waals surface area contributed by atoms with Gasteiger partial charge in [-0.15, -0.1) is 0 Å². The fraction of sp³-hybridized carbons (Fsp3) is 0.458. The first kappa shape index (κ1) is 20.4. The van der Waals surface area contributed by atoms with Gasteiger partial charge in [-0.3, -0.25) is 14.6 Å². The van der Waals surface area contributed by atoms with Crippen LogP contribution >= 0.6 is 0 Å². The number of methoxy groups -OCH3 is 1. The van der Waals surface area contributed by atoms with Crippen molar-refractivity contribution in [2.75, 3.05) is 20.2 Å². The predicted molar refractivity (Wildman–Crippen MR) is 114 cm³/mol. The van der Waals surface area contributed by atoms with Crippen LogP contribution in [0.2, 0.25) is 0 Å². The average molecular weight is 408 g/mol. The molecule has 1 spiro atoms. The number of hydrogen-bond donors (Lipinski definition) is 1. The molecular formula is C24H29N3O3. The third-order valence-corrected chi connectivity index (χ3v) is 6.65. The minimum absolute atomic E-state index is 0.00666. The smallest absolute Gasteiger partial charge is 0.254 e. The summed E-state index contributed by atoms with van der Waals surface area (Å²) >= 11 is 0. The zero-order valence-corrected chi connectivity index (χ0v) is 17.5. The van der Waals surface area contributed by atoms with Gasteiger partial charge in [0.25, 0.3) is 5.91 Å². The maximum absolute atomic E-state index is 13.2. The standard InChI is InChI=1S/C24H29N3O3/c1-30-20-7-5-18(6-8-20)15-26-22(28)21-16-27(17-24(21)11-3-2-4-12-24)23(29)19-9-13-25-14-10-19/h5-10,13-14,21H,2-4,11-12,15-17H2,1H3,(H,26,28). The van der Waals surface area contributed by atoms with Gasteiger partial charge in [-0.25, -0.2) is 0 Å². The Kier molecular flexibility index (Phi) is 6.02. The molecule has 1 saturated carbocycles. The number of hydrogen-bond acceptors (Lipinski definition) is 4. The van der Waals surface area contributed by atoms with Gasteiger partial charge in [0, 0.05) is 43.0 Å². The molecule has 2 aromatic rings. The number of ether oxygens (including phenoxy) is 1. The van der Waals surface area contributed by atoms with E-state index in [1.54, 1.807) is 31.6 Å². The molecule has 4 rings (SSSR count). The third-order valence-electron chi connectivity index (χ3n) is 6.65. The normalized spacial score (nSPS) is 20.2. The Hall–Kier alpha value is -2.89. The van der Waals surface area contributed by atoms with E-state index in [-0.39, 0.29) is 23.1 Å². The summed E-state index contributed by atoms with van der Waals surface area (Å²) in [5.41, 5.74) is 1.56. The molecule has 1 saturated heterocycles. The molecule has 6 nitrogen and oxygen atoms in total. The number of nitrogens with one attached hydrogen (secondary N) is 1. The average Bonchev–Trinajstić information content (AvgIpc) is 3.16. The zero-order chi connectivity index (χ0) is 21.0. The summed E-state index contributed by atoms with van der Waals surface area (Å²) in [6, 6.07) is 11.2. The molecule has 0 bridgehead atoms. The molecule has 1 aliphatic heterocycles. The van der Waals surface area contributed by atoms with E-state index in [4.69, 9.17) is 4.74 Å². The van der Waals surface area contributed by atoms with Crippen LogP contribution in [0.15, 0.2) is 48.8 Å². The maximum atomic E-state index is 13.2. The zero-order valence-electron chi connectivity index (χ0n) is 17.5. The highest BCUT2D eigenvalue weighted by Gasteiger charge is 2.51. The highest BCUT2D eigenvalue weighted by Crippen LogP contribution is 2.48. The van der Waals surface area contributed by atoms with Crippen molar-refractivity contribution in [3.8, 4) is 5.75 Å². The van der Waals surface area contributed by atoms with Gasteiger partial charge < -0.3 is 15.0 Å². The molecular weight excluding hydrogens is 378 g/mol.